The van der Waals surface area contributed by atoms with E-state index in [-0.39, 0.29) is 24.9 Å². The third kappa shape index (κ3) is 3.43. The largest absolute Gasteiger partial charge is 0.392 e. The van der Waals surface area contributed by atoms with Gasteiger partial charge in [0.15, 0.2) is 0 Å². The lowest BCUT2D eigenvalue weighted by molar-refractivity contribution is -0.123. The van der Waals surface area contributed by atoms with Gasteiger partial charge in [-0.2, -0.15) is 0 Å². The molecule has 0 heterocycles. The standard InChI is InChI=1S/C12H16N2O2.ClH/c13-12(4-5-12)11(16)14-7-9-2-1-3-10(6-9)8-15;/h1-3,6,15H,4-5,7-8,13H2,(H,14,16);1H. The Hall–Kier alpha value is -1.10. The summed E-state index contributed by atoms with van der Waals surface area (Å²) in [5, 5.41) is 11.8. The van der Waals surface area contributed by atoms with Crippen molar-refractivity contribution in [3.63, 3.8) is 0 Å². The molecule has 0 aliphatic heterocycles. The number of nitrogens with one attached hydrogen (secondary N) is 1. The third-order valence-corrected chi connectivity index (χ3v) is 2.87. The average molecular weight is 257 g/mol. The molecule has 1 aromatic carbocycles. The number of amides is 1. The molecule has 94 valence electrons. The van der Waals surface area contributed by atoms with Crippen LogP contribution in [0.2, 0.25) is 0 Å². The first kappa shape index (κ1) is 14.0. The fourth-order valence-electron chi connectivity index (χ4n) is 1.56. The highest BCUT2D eigenvalue weighted by Crippen LogP contribution is 2.32. The van der Waals surface area contributed by atoms with Crippen LogP contribution in [0, 0.1) is 0 Å². The van der Waals surface area contributed by atoms with E-state index >= 15 is 0 Å². The first-order chi connectivity index (χ1) is 7.64. The Morgan fingerprint density at radius 3 is 2.65 bits per heavy atom. The lowest BCUT2D eigenvalue weighted by Crippen LogP contribution is -2.42. The maximum Gasteiger partial charge on any atom is 0.240 e. The number of aliphatic hydroxyl groups is 1. The maximum absolute atomic E-state index is 11.6. The van der Waals surface area contributed by atoms with Crippen LogP contribution in [0.3, 0.4) is 0 Å². The molecular formula is C12H17ClN2O2. The van der Waals surface area contributed by atoms with E-state index in [9.17, 15) is 4.79 Å². The second kappa shape index (κ2) is 5.49. The summed E-state index contributed by atoms with van der Waals surface area (Å²) < 4.78 is 0. The number of rotatable bonds is 4. The molecule has 0 atom stereocenters. The van der Waals surface area contributed by atoms with Crippen molar-refractivity contribution in [3.8, 4) is 0 Å². The second-order valence-corrected chi connectivity index (χ2v) is 4.32. The van der Waals surface area contributed by atoms with Crippen LogP contribution < -0.4 is 11.1 Å². The molecule has 0 unspecified atom stereocenters. The van der Waals surface area contributed by atoms with E-state index in [2.05, 4.69) is 5.32 Å². The van der Waals surface area contributed by atoms with E-state index in [1.54, 1.807) is 0 Å². The molecule has 0 aromatic heterocycles. The Morgan fingerprint density at radius 1 is 1.41 bits per heavy atom. The molecule has 0 radical (unpaired) electrons. The van der Waals surface area contributed by atoms with Crippen molar-refractivity contribution in [2.24, 2.45) is 5.73 Å². The molecule has 1 aliphatic carbocycles. The van der Waals surface area contributed by atoms with Crippen molar-refractivity contribution >= 4 is 18.3 Å². The van der Waals surface area contributed by atoms with Gasteiger partial charge in [-0.15, -0.1) is 12.4 Å². The number of aliphatic hydroxyl groups excluding tert-OH is 1. The molecule has 0 spiro atoms. The Balaban J connectivity index is 0.00000144. The Kier molecular flexibility index (Phi) is 4.51. The number of halogens is 1. The summed E-state index contributed by atoms with van der Waals surface area (Å²) in [7, 11) is 0. The molecule has 1 aromatic rings. The van der Waals surface area contributed by atoms with Crippen molar-refractivity contribution in [2.45, 2.75) is 31.5 Å². The SMILES string of the molecule is Cl.NC1(C(=O)NCc2cccc(CO)c2)CC1. The topological polar surface area (TPSA) is 75.4 Å². The number of carbonyl (C=O) groups excluding carboxylic acids is 1. The van der Waals surface area contributed by atoms with Gasteiger partial charge in [-0.1, -0.05) is 24.3 Å². The first-order valence-corrected chi connectivity index (χ1v) is 5.40. The minimum absolute atomic E-state index is 0. The van der Waals surface area contributed by atoms with Crippen LogP contribution in [0.5, 0.6) is 0 Å². The minimum atomic E-state index is -0.616. The van der Waals surface area contributed by atoms with Gasteiger partial charge in [-0.25, -0.2) is 0 Å². The van der Waals surface area contributed by atoms with Crippen molar-refractivity contribution < 1.29 is 9.90 Å². The van der Waals surface area contributed by atoms with Crippen LogP contribution in [-0.4, -0.2) is 16.6 Å². The summed E-state index contributed by atoms with van der Waals surface area (Å²) in [5.74, 6) is -0.0816. The zero-order valence-corrected chi connectivity index (χ0v) is 10.3. The Morgan fingerprint density at radius 2 is 2.06 bits per heavy atom. The predicted octanol–water partition coefficient (Wildman–Crippen LogP) is 0.708. The maximum atomic E-state index is 11.6. The Bertz CT molecular complexity index is 405. The van der Waals surface area contributed by atoms with Gasteiger partial charge >= 0.3 is 0 Å². The van der Waals surface area contributed by atoms with Crippen molar-refractivity contribution in [1.29, 1.82) is 0 Å². The zero-order valence-electron chi connectivity index (χ0n) is 9.48. The average Bonchev–Trinajstić information content (AvgIpc) is 3.06. The molecule has 1 aliphatic rings. The van der Waals surface area contributed by atoms with Gasteiger partial charge in [0.1, 0.15) is 0 Å². The van der Waals surface area contributed by atoms with Crippen LogP contribution in [0.15, 0.2) is 24.3 Å². The summed E-state index contributed by atoms with van der Waals surface area (Å²) in [5.41, 5.74) is 6.97. The third-order valence-electron chi connectivity index (χ3n) is 2.87. The van der Waals surface area contributed by atoms with E-state index in [0.717, 1.165) is 24.0 Å². The molecule has 1 saturated carbocycles. The van der Waals surface area contributed by atoms with Crippen LogP contribution in [0.25, 0.3) is 0 Å². The predicted molar refractivity (Wildman–Crippen MR) is 67.6 cm³/mol. The van der Waals surface area contributed by atoms with Gasteiger partial charge in [0.25, 0.3) is 0 Å². The number of carbonyl (C=O) groups is 1. The molecule has 5 heteroatoms. The van der Waals surface area contributed by atoms with Crippen LogP contribution >= 0.6 is 12.4 Å². The molecule has 4 N–H and O–H groups in total. The summed E-state index contributed by atoms with van der Waals surface area (Å²) >= 11 is 0. The van der Waals surface area contributed by atoms with Crippen LogP contribution in [0.1, 0.15) is 24.0 Å². The molecule has 1 amide bonds. The van der Waals surface area contributed by atoms with Gasteiger partial charge in [0.2, 0.25) is 5.91 Å². The second-order valence-electron chi connectivity index (χ2n) is 4.32. The molecule has 17 heavy (non-hydrogen) atoms. The van der Waals surface area contributed by atoms with Gasteiger partial charge in [-0.3, -0.25) is 4.79 Å². The highest BCUT2D eigenvalue weighted by atomic mass is 35.5. The van der Waals surface area contributed by atoms with E-state index in [0.29, 0.717) is 6.54 Å². The number of benzene rings is 1. The molecular weight excluding hydrogens is 240 g/mol. The summed E-state index contributed by atoms with van der Waals surface area (Å²) in [6, 6.07) is 7.49. The number of hydrogen-bond donors (Lipinski definition) is 3. The van der Waals surface area contributed by atoms with E-state index in [4.69, 9.17) is 10.8 Å². The quantitative estimate of drug-likeness (QED) is 0.743. The summed E-state index contributed by atoms with van der Waals surface area (Å²) in [6.45, 7) is 0.480. The molecule has 1 fully saturated rings. The van der Waals surface area contributed by atoms with E-state index in [1.807, 2.05) is 24.3 Å². The van der Waals surface area contributed by atoms with Crippen molar-refractivity contribution in [1.82, 2.24) is 5.32 Å². The van der Waals surface area contributed by atoms with E-state index < -0.39 is 5.54 Å². The molecule has 2 rings (SSSR count). The highest BCUT2D eigenvalue weighted by Gasteiger charge is 2.45. The van der Waals surface area contributed by atoms with Crippen molar-refractivity contribution in [3.05, 3.63) is 35.4 Å². The van der Waals surface area contributed by atoms with Gasteiger partial charge in [-0.05, 0) is 24.0 Å². The minimum Gasteiger partial charge on any atom is -0.392 e. The highest BCUT2D eigenvalue weighted by molar-refractivity contribution is 5.88. The molecule has 0 saturated heterocycles. The number of hydrogen-bond acceptors (Lipinski definition) is 3. The Labute approximate surface area is 107 Å². The fraction of sp³-hybridized carbons (Fsp3) is 0.417. The first-order valence-electron chi connectivity index (χ1n) is 5.40. The summed E-state index contributed by atoms with van der Waals surface area (Å²) in [6.07, 6.45) is 1.55. The van der Waals surface area contributed by atoms with Gasteiger partial charge in [0, 0.05) is 6.54 Å². The zero-order chi connectivity index (χ0) is 11.6. The monoisotopic (exact) mass is 256 g/mol. The molecule has 4 nitrogen and oxygen atoms in total. The fourth-order valence-corrected chi connectivity index (χ4v) is 1.56. The van der Waals surface area contributed by atoms with E-state index in [1.165, 1.54) is 0 Å². The smallest absolute Gasteiger partial charge is 0.240 e. The molecule has 0 bridgehead atoms. The normalized spacial score (nSPS) is 15.9. The van der Waals surface area contributed by atoms with Crippen LogP contribution in [0.4, 0.5) is 0 Å². The number of nitrogens with two attached hydrogens (primary N) is 1. The van der Waals surface area contributed by atoms with Gasteiger partial charge < -0.3 is 16.2 Å². The lowest BCUT2D eigenvalue weighted by atomic mass is 10.1. The lowest BCUT2D eigenvalue weighted by Gasteiger charge is -2.10. The van der Waals surface area contributed by atoms with Crippen LogP contribution in [-0.2, 0) is 17.9 Å². The van der Waals surface area contributed by atoms with Gasteiger partial charge in [0.05, 0.1) is 12.1 Å². The van der Waals surface area contributed by atoms with Crippen molar-refractivity contribution in [2.75, 3.05) is 0 Å². The summed E-state index contributed by atoms with van der Waals surface area (Å²) in [4.78, 5) is 11.6.